The van der Waals surface area contributed by atoms with Crippen molar-refractivity contribution >= 4 is 0 Å². The van der Waals surface area contributed by atoms with Crippen LogP contribution in [0.3, 0.4) is 0 Å². The fourth-order valence-corrected chi connectivity index (χ4v) is 2.16. The third-order valence-corrected chi connectivity index (χ3v) is 2.81. The number of hydrogen-bond donors (Lipinski definition) is 0. The maximum Gasteiger partial charge on any atom is 0.123 e. The van der Waals surface area contributed by atoms with Crippen molar-refractivity contribution in [2.24, 2.45) is 5.92 Å². The Hall–Kier alpha value is -0.850. The summed E-state index contributed by atoms with van der Waals surface area (Å²) in [6.07, 6.45) is 5.98. The molecular weight excluding hydrogens is 187 g/mol. The third kappa shape index (κ3) is 4.46. The molecule has 0 aromatic heterocycles. The van der Waals surface area contributed by atoms with E-state index in [1.807, 2.05) is 6.07 Å². The molecule has 0 nitrogen and oxygen atoms in total. The minimum Gasteiger partial charge on any atom is -0.207 e. The van der Waals surface area contributed by atoms with Crippen LogP contribution < -0.4 is 0 Å². The molecule has 0 saturated carbocycles. The van der Waals surface area contributed by atoms with Crippen molar-refractivity contribution in [1.82, 2.24) is 0 Å². The largest absolute Gasteiger partial charge is 0.207 e. The molecule has 84 valence electrons. The van der Waals surface area contributed by atoms with Gasteiger partial charge in [0.05, 0.1) is 0 Å². The topological polar surface area (TPSA) is 0 Å². The first-order valence-corrected chi connectivity index (χ1v) is 6.00. The van der Waals surface area contributed by atoms with Crippen LogP contribution in [0.25, 0.3) is 0 Å². The van der Waals surface area contributed by atoms with E-state index in [4.69, 9.17) is 0 Å². The predicted octanol–water partition coefficient (Wildman–Crippen LogP) is 4.58. The molecule has 0 N–H and O–H groups in total. The Morgan fingerprint density at radius 1 is 1.13 bits per heavy atom. The molecule has 1 heteroatoms. The number of hydrogen-bond acceptors (Lipinski definition) is 0. The lowest BCUT2D eigenvalue weighted by atomic mass is 9.91. The Morgan fingerprint density at radius 2 is 1.80 bits per heavy atom. The van der Waals surface area contributed by atoms with E-state index < -0.39 is 0 Å². The molecule has 1 aromatic rings. The van der Waals surface area contributed by atoms with E-state index in [2.05, 4.69) is 13.8 Å². The van der Waals surface area contributed by atoms with Crippen LogP contribution in [0.2, 0.25) is 0 Å². The van der Waals surface area contributed by atoms with E-state index in [1.165, 1.54) is 31.7 Å². The lowest BCUT2D eigenvalue weighted by Gasteiger charge is -2.15. The standard InChI is InChI=1S/C14H21F/c1-3-6-12(7-4-2)10-13-8-5-9-14(15)11-13/h5,8-9,11-12H,3-4,6-7,10H2,1-2H3. The Labute approximate surface area is 92.5 Å². The predicted molar refractivity (Wildman–Crippen MR) is 63.4 cm³/mol. The molecule has 0 spiro atoms. The van der Waals surface area contributed by atoms with Gasteiger partial charge < -0.3 is 0 Å². The van der Waals surface area contributed by atoms with Gasteiger partial charge in [-0.1, -0.05) is 51.7 Å². The van der Waals surface area contributed by atoms with Gasteiger partial charge in [0.2, 0.25) is 0 Å². The second-order valence-electron chi connectivity index (χ2n) is 4.28. The van der Waals surface area contributed by atoms with Gasteiger partial charge in [-0.2, -0.15) is 0 Å². The van der Waals surface area contributed by atoms with Gasteiger partial charge in [-0.15, -0.1) is 0 Å². The molecule has 0 atom stereocenters. The molecule has 0 radical (unpaired) electrons. The smallest absolute Gasteiger partial charge is 0.123 e. The monoisotopic (exact) mass is 208 g/mol. The van der Waals surface area contributed by atoms with Gasteiger partial charge in [0.1, 0.15) is 5.82 Å². The van der Waals surface area contributed by atoms with E-state index in [-0.39, 0.29) is 5.82 Å². The van der Waals surface area contributed by atoms with Crippen molar-refractivity contribution in [3.05, 3.63) is 35.6 Å². The summed E-state index contributed by atoms with van der Waals surface area (Å²) in [5.74, 6) is 0.612. The molecule has 1 aromatic carbocycles. The highest BCUT2D eigenvalue weighted by atomic mass is 19.1. The summed E-state index contributed by atoms with van der Waals surface area (Å²) in [5.41, 5.74) is 1.14. The first-order valence-electron chi connectivity index (χ1n) is 6.00. The molecule has 0 unspecified atom stereocenters. The van der Waals surface area contributed by atoms with Gasteiger partial charge in [-0.05, 0) is 30.0 Å². The maximum atomic E-state index is 13.0. The molecule has 1 rings (SSSR count). The van der Waals surface area contributed by atoms with Gasteiger partial charge in [0, 0.05) is 0 Å². The van der Waals surface area contributed by atoms with Crippen molar-refractivity contribution in [2.75, 3.05) is 0 Å². The fourth-order valence-electron chi connectivity index (χ4n) is 2.16. The molecule has 0 saturated heterocycles. The molecule has 0 amide bonds. The summed E-state index contributed by atoms with van der Waals surface area (Å²) in [7, 11) is 0. The van der Waals surface area contributed by atoms with Gasteiger partial charge in [0.15, 0.2) is 0 Å². The van der Waals surface area contributed by atoms with Gasteiger partial charge in [-0.25, -0.2) is 4.39 Å². The molecule has 0 aliphatic rings. The summed E-state index contributed by atoms with van der Waals surface area (Å²) in [4.78, 5) is 0. The van der Waals surface area contributed by atoms with Crippen LogP contribution in [0, 0.1) is 11.7 Å². The Kier molecular flexibility index (Phi) is 5.38. The Morgan fingerprint density at radius 3 is 2.33 bits per heavy atom. The minimum absolute atomic E-state index is 0.112. The van der Waals surface area contributed by atoms with Crippen molar-refractivity contribution in [3.8, 4) is 0 Å². The van der Waals surface area contributed by atoms with Crippen LogP contribution in [0.1, 0.15) is 45.1 Å². The Balaban J connectivity index is 2.56. The zero-order valence-corrected chi connectivity index (χ0v) is 9.80. The lowest BCUT2D eigenvalue weighted by Crippen LogP contribution is -2.04. The molecule has 0 aliphatic carbocycles. The van der Waals surface area contributed by atoms with Crippen LogP contribution in [-0.2, 0) is 6.42 Å². The highest BCUT2D eigenvalue weighted by Crippen LogP contribution is 2.19. The number of halogens is 1. The fraction of sp³-hybridized carbons (Fsp3) is 0.571. The second kappa shape index (κ2) is 6.60. The molecule has 0 aliphatic heterocycles. The first-order chi connectivity index (χ1) is 7.26. The third-order valence-electron chi connectivity index (χ3n) is 2.81. The number of rotatable bonds is 6. The highest BCUT2D eigenvalue weighted by molar-refractivity contribution is 5.16. The zero-order valence-electron chi connectivity index (χ0n) is 9.80. The molecule has 15 heavy (non-hydrogen) atoms. The molecule has 0 bridgehead atoms. The SMILES string of the molecule is CCCC(CCC)Cc1cccc(F)c1. The lowest BCUT2D eigenvalue weighted by molar-refractivity contribution is 0.437. The van der Waals surface area contributed by atoms with E-state index in [0.717, 1.165) is 17.9 Å². The highest BCUT2D eigenvalue weighted by Gasteiger charge is 2.08. The van der Waals surface area contributed by atoms with Gasteiger partial charge in [-0.3, -0.25) is 0 Å². The average molecular weight is 208 g/mol. The summed E-state index contributed by atoms with van der Waals surface area (Å²) >= 11 is 0. The van der Waals surface area contributed by atoms with Crippen LogP contribution in [-0.4, -0.2) is 0 Å². The number of benzene rings is 1. The van der Waals surface area contributed by atoms with Crippen molar-refractivity contribution in [3.63, 3.8) is 0 Å². The van der Waals surface area contributed by atoms with Crippen LogP contribution >= 0.6 is 0 Å². The van der Waals surface area contributed by atoms with Crippen molar-refractivity contribution in [1.29, 1.82) is 0 Å². The van der Waals surface area contributed by atoms with Crippen molar-refractivity contribution < 1.29 is 4.39 Å². The van der Waals surface area contributed by atoms with Gasteiger partial charge >= 0.3 is 0 Å². The molecule has 0 fully saturated rings. The van der Waals surface area contributed by atoms with E-state index in [0.29, 0.717) is 0 Å². The van der Waals surface area contributed by atoms with Crippen LogP contribution in [0.5, 0.6) is 0 Å². The van der Waals surface area contributed by atoms with E-state index in [9.17, 15) is 4.39 Å². The summed E-state index contributed by atoms with van der Waals surface area (Å²) in [6.45, 7) is 4.43. The normalized spacial score (nSPS) is 10.9. The first kappa shape index (κ1) is 12.2. The van der Waals surface area contributed by atoms with E-state index >= 15 is 0 Å². The molecule has 0 heterocycles. The Bertz CT molecular complexity index is 274. The average Bonchev–Trinajstić information content (AvgIpc) is 2.18. The summed E-state index contributed by atoms with van der Waals surface area (Å²) < 4.78 is 13.0. The second-order valence-corrected chi connectivity index (χ2v) is 4.28. The summed E-state index contributed by atoms with van der Waals surface area (Å²) in [5, 5.41) is 0. The zero-order chi connectivity index (χ0) is 11.1. The minimum atomic E-state index is -0.112. The molecular formula is C14H21F. The maximum absolute atomic E-state index is 13.0. The van der Waals surface area contributed by atoms with Crippen LogP contribution in [0.4, 0.5) is 4.39 Å². The van der Waals surface area contributed by atoms with E-state index in [1.54, 1.807) is 12.1 Å². The van der Waals surface area contributed by atoms with Crippen molar-refractivity contribution in [2.45, 2.75) is 46.0 Å². The summed E-state index contributed by atoms with van der Waals surface area (Å²) in [6, 6.07) is 7.01. The quantitative estimate of drug-likeness (QED) is 0.641. The van der Waals surface area contributed by atoms with Crippen LogP contribution in [0.15, 0.2) is 24.3 Å². The van der Waals surface area contributed by atoms with Gasteiger partial charge in [0.25, 0.3) is 0 Å².